The van der Waals surface area contributed by atoms with E-state index in [4.69, 9.17) is 0 Å². The molecule has 0 bridgehead atoms. The zero-order valence-electron chi connectivity index (χ0n) is 13.4. The number of hydrogen-bond acceptors (Lipinski definition) is 3. The fourth-order valence-corrected chi connectivity index (χ4v) is 2.99. The summed E-state index contributed by atoms with van der Waals surface area (Å²) >= 11 is 0. The van der Waals surface area contributed by atoms with E-state index in [0.29, 0.717) is 6.04 Å². The largest absolute Gasteiger partial charge is 0.307 e. The first-order valence-corrected chi connectivity index (χ1v) is 7.52. The van der Waals surface area contributed by atoms with E-state index in [9.17, 15) is 0 Å². The van der Waals surface area contributed by atoms with Gasteiger partial charge in [0.15, 0.2) is 0 Å². The normalized spacial score (nSPS) is 14.1. The topological polar surface area (TPSA) is 33.1 Å². The molecule has 1 rings (SSSR count). The van der Waals surface area contributed by atoms with Crippen LogP contribution in [-0.4, -0.2) is 39.9 Å². The molecule has 0 saturated heterocycles. The molecule has 1 heterocycles. The van der Waals surface area contributed by atoms with E-state index >= 15 is 0 Å². The average Bonchev–Trinajstić information content (AvgIpc) is 2.84. The van der Waals surface area contributed by atoms with E-state index in [0.717, 1.165) is 26.2 Å². The molecule has 0 spiro atoms. The molecule has 4 nitrogen and oxygen atoms in total. The number of nitrogens with zero attached hydrogens (tertiary/aromatic N) is 3. The Morgan fingerprint density at radius 3 is 2.37 bits per heavy atom. The number of likely N-dealkylation sites (N-methyl/N-ethyl adjacent to an activating group) is 2. The highest BCUT2D eigenvalue weighted by Crippen LogP contribution is 2.30. The van der Waals surface area contributed by atoms with Gasteiger partial charge in [0.05, 0.1) is 11.7 Å². The second-order valence-corrected chi connectivity index (χ2v) is 5.39. The summed E-state index contributed by atoms with van der Waals surface area (Å²) in [5.41, 5.74) is 1.34. The number of aromatic nitrogens is 2. The number of aryl methyl sites for hydroxylation is 1. The van der Waals surface area contributed by atoms with E-state index in [1.54, 1.807) is 0 Å². The quantitative estimate of drug-likeness (QED) is 0.785. The molecular formula is C15H30N4. The van der Waals surface area contributed by atoms with Crippen LogP contribution < -0.4 is 5.32 Å². The summed E-state index contributed by atoms with van der Waals surface area (Å²) in [4.78, 5) is 2.51. The highest BCUT2D eigenvalue weighted by Gasteiger charge is 2.36. The van der Waals surface area contributed by atoms with Gasteiger partial charge in [-0.1, -0.05) is 20.8 Å². The van der Waals surface area contributed by atoms with Crippen molar-refractivity contribution in [1.82, 2.24) is 20.0 Å². The molecule has 0 fully saturated rings. The van der Waals surface area contributed by atoms with Crippen molar-refractivity contribution in [3.8, 4) is 0 Å². The van der Waals surface area contributed by atoms with E-state index in [1.807, 2.05) is 6.20 Å². The van der Waals surface area contributed by atoms with Gasteiger partial charge >= 0.3 is 0 Å². The Bertz CT molecular complexity index is 366. The van der Waals surface area contributed by atoms with Crippen molar-refractivity contribution in [3.63, 3.8) is 0 Å². The predicted molar refractivity (Wildman–Crippen MR) is 81.3 cm³/mol. The SMILES string of the molecule is CCNC(c1ccnn1CC)C(C)(C)N(CC)CC. The van der Waals surface area contributed by atoms with Crippen molar-refractivity contribution in [3.05, 3.63) is 18.0 Å². The van der Waals surface area contributed by atoms with Crippen LogP contribution in [-0.2, 0) is 6.54 Å². The van der Waals surface area contributed by atoms with Gasteiger partial charge in [-0.05, 0) is 46.5 Å². The first-order chi connectivity index (χ1) is 9.02. The molecule has 0 aliphatic carbocycles. The van der Waals surface area contributed by atoms with Gasteiger partial charge in [0.1, 0.15) is 0 Å². The third kappa shape index (κ3) is 3.37. The smallest absolute Gasteiger partial charge is 0.0673 e. The molecule has 110 valence electrons. The molecular weight excluding hydrogens is 236 g/mol. The maximum absolute atomic E-state index is 4.42. The van der Waals surface area contributed by atoms with Gasteiger partial charge in [0, 0.05) is 18.3 Å². The van der Waals surface area contributed by atoms with Crippen molar-refractivity contribution >= 4 is 0 Å². The third-order valence-corrected chi connectivity index (χ3v) is 4.04. The first-order valence-electron chi connectivity index (χ1n) is 7.52. The molecule has 0 aromatic carbocycles. The number of rotatable bonds is 8. The Balaban J connectivity index is 3.12. The Morgan fingerprint density at radius 2 is 1.89 bits per heavy atom. The molecule has 0 aliphatic rings. The monoisotopic (exact) mass is 266 g/mol. The minimum Gasteiger partial charge on any atom is -0.307 e. The maximum atomic E-state index is 4.42. The molecule has 19 heavy (non-hydrogen) atoms. The summed E-state index contributed by atoms with van der Waals surface area (Å²) in [7, 11) is 0. The molecule has 4 heteroatoms. The molecule has 1 aromatic heterocycles. The molecule has 0 radical (unpaired) electrons. The van der Waals surface area contributed by atoms with Gasteiger partial charge in [-0.2, -0.15) is 5.10 Å². The first kappa shape index (κ1) is 16.2. The van der Waals surface area contributed by atoms with E-state index in [1.165, 1.54) is 5.69 Å². The van der Waals surface area contributed by atoms with Crippen molar-refractivity contribution in [2.75, 3.05) is 19.6 Å². The molecule has 0 amide bonds. The molecule has 0 aliphatic heterocycles. The van der Waals surface area contributed by atoms with Crippen LogP contribution in [0.3, 0.4) is 0 Å². The molecule has 1 unspecified atom stereocenters. The van der Waals surface area contributed by atoms with Crippen LogP contribution in [0.15, 0.2) is 12.3 Å². The number of nitrogens with one attached hydrogen (secondary N) is 1. The molecule has 1 aromatic rings. The molecule has 0 saturated carbocycles. The van der Waals surface area contributed by atoms with Crippen LogP contribution in [0, 0.1) is 0 Å². The Kier molecular flexibility index (Phi) is 6.01. The van der Waals surface area contributed by atoms with E-state index in [2.05, 4.69) is 67.6 Å². The van der Waals surface area contributed by atoms with Crippen LogP contribution in [0.4, 0.5) is 0 Å². The fraction of sp³-hybridized carbons (Fsp3) is 0.800. The van der Waals surface area contributed by atoms with Crippen molar-refractivity contribution in [2.24, 2.45) is 0 Å². The van der Waals surface area contributed by atoms with Crippen molar-refractivity contribution in [2.45, 2.75) is 59.7 Å². The summed E-state index contributed by atoms with van der Waals surface area (Å²) < 4.78 is 2.10. The second kappa shape index (κ2) is 7.06. The Hall–Kier alpha value is -0.870. The van der Waals surface area contributed by atoms with Gasteiger partial charge in [-0.3, -0.25) is 9.58 Å². The van der Waals surface area contributed by atoms with Gasteiger partial charge in [-0.15, -0.1) is 0 Å². The lowest BCUT2D eigenvalue weighted by Crippen LogP contribution is -2.53. The lowest BCUT2D eigenvalue weighted by atomic mass is 9.89. The van der Waals surface area contributed by atoms with Crippen LogP contribution in [0.5, 0.6) is 0 Å². The number of hydrogen-bond donors (Lipinski definition) is 1. The van der Waals surface area contributed by atoms with Crippen molar-refractivity contribution in [1.29, 1.82) is 0 Å². The van der Waals surface area contributed by atoms with Crippen LogP contribution in [0.1, 0.15) is 53.3 Å². The van der Waals surface area contributed by atoms with Crippen LogP contribution in [0.2, 0.25) is 0 Å². The van der Waals surface area contributed by atoms with Crippen molar-refractivity contribution < 1.29 is 0 Å². The minimum atomic E-state index is 0.0620. The van der Waals surface area contributed by atoms with E-state index in [-0.39, 0.29) is 5.54 Å². The maximum Gasteiger partial charge on any atom is 0.0673 e. The summed E-state index contributed by atoms with van der Waals surface area (Å²) in [6.07, 6.45) is 1.90. The Labute approximate surface area is 118 Å². The third-order valence-electron chi connectivity index (χ3n) is 4.04. The summed E-state index contributed by atoms with van der Waals surface area (Å²) in [6, 6.07) is 2.43. The van der Waals surface area contributed by atoms with Crippen LogP contribution in [0.25, 0.3) is 0 Å². The van der Waals surface area contributed by atoms with Gasteiger partial charge in [0.25, 0.3) is 0 Å². The summed E-state index contributed by atoms with van der Waals surface area (Å²) in [5.74, 6) is 0. The van der Waals surface area contributed by atoms with E-state index < -0.39 is 0 Å². The zero-order valence-corrected chi connectivity index (χ0v) is 13.4. The van der Waals surface area contributed by atoms with Gasteiger partial charge < -0.3 is 5.32 Å². The molecule has 1 atom stereocenters. The predicted octanol–water partition coefficient (Wildman–Crippen LogP) is 2.67. The fourth-order valence-electron chi connectivity index (χ4n) is 2.99. The lowest BCUT2D eigenvalue weighted by Gasteiger charge is -2.43. The average molecular weight is 266 g/mol. The summed E-state index contributed by atoms with van der Waals surface area (Å²) in [5, 5.41) is 8.07. The highest BCUT2D eigenvalue weighted by molar-refractivity contribution is 5.14. The Morgan fingerprint density at radius 1 is 1.26 bits per heavy atom. The minimum absolute atomic E-state index is 0.0620. The van der Waals surface area contributed by atoms with Gasteiger partial charge in [0.2, 0.25) is 0 Å². The second-order valence-electron chi connectivity index (χ2n) is 5.39. The van der Waals surface area contributed by atoms with Crippen LogP contribution >= 0.6 is 0 Å². The molecule has 1 N–H and O–H groups in total. The lowest BCUT2D eigenvalue weighted by molar-refractivity contribution is 0.0882. The highest BCUT2D eigenvalue weighted by atomic mass is 15.3. The zero-order chi connectivity index (χ0) is 14.5. The van der Waals surface area contributed by atoms with Gasteiger partial charge in [-0.25, -0.2) is 0 Å². The summed E-state index contributed by atoms with van der Waals surface area (Å²) in [6.45, 7) is 17.4. The standard InChI is InChI=1S/C15H30N4/c1-7-16-14(13-11-12-17-19(13)10-4)15(5,6)18(8-2)9-3/h11-12,14,16H,7-10H2,1-6H3.